The Kier molecular flexibility index (Phi) is 1.80. The molecule has 0 atom stereocenters. The zero-order valence-electron chi connectivity index (χ0n) is 7.51. The summed E-state index contributed by atoms with van der Waals surface area (Å²) in [5, 5.41) is 0. The molecule has 0 bridgehead atoms. The monoisotopic (exact) mass is 161 g/mol. The number of hydrogen-bond acceptors (Lipinski definition) is 1. The van der Waals surface area contributed by atoms with E-state index in [-0.39, 0.29) is 0 Å². The lowest BCUT2D eigenvalue weighted by Crippen LogP contribution is -1.93. The van der Waals surface area contributed by atoms with Gasteiger partial charge in [-0.05, 0) is 42.4 Å². The van der Waals surface area contributed by atoms with E-state index in [1.165, 1.54) is 24.0 Å². The molecular weight excluding hydrogens is 146 g/mol. The van der Waals surface area contributed by atoms with Crippen LogP contribution in [0.1, 0.15) is 36.8 Å². The standard InChI is InChI=1S/C11H15N/c1-2-8-3-6-10(7-11(8)12)9-4-5-9/h3,6-7,9H,2,4-5,12H2,1H3. The van der Waals surface area contributed by atoms with E-state index in [1.54, 1.807) is 0 Å². The van der Waals surface area contributed by atoms with Crippen molar-refractivity contribution in [2.75, 3.05) is 5.73 Å². The third-order valence-corrected chi connectivity index (χ3v) is 2.60. The van der Waals surface area contributed by atoms with Crippen molar-refractivity contribution in [3.05, 3.63) is 29.3 Å². The van der Waals surface area contributed by atoms with Gasteiger partial charge in [0.25, 0.3) is 0 Å². The minimum absolute atomic E-state index is 0.818. The van der Waals surface area contributed by atoms with Crippen molar-refractivity contribution < 1.29 is 0 Å². The second-order valence-corrected chi connectivity index (χ2v) is 3.59. The van der Waals surface area contributed by atoms with Crippen molar-refractivity contribution in [3.63, 3.8) is 0 Å². The normalized spacial score (nSPS) is 16.4. The Morgan fingerprint density at radius 2 is 2.17 bits per heavy atom. The number of nitrogens with two attached hydrogens (primary N) is 1. The van der Waals surface area contributed by atoms with Gasteiger partial charge in [0, 0.05) is 5.69 Å². The van der Waals surface area contributed by atoms with Gasteiger partial charge in [0.1, 0.15) is 0 Å². The quantitative estimate of drug-likeness (QED) is 0.663. The molecule has 0 unspecified atom stereocenters. The summed E-state index contributed by atoms with van der Waals surface area (Å²) in [6.07, 6.45) is 3.74. The molecule has 0 spiro atoms. The van der Waals surface area contributed by atoms with Crippen LogP contribution in [0.25, 0.3) is 0 Å². The van der Waals surface area contributed by atoms with Gasteiger partial charge in [0.05, 0.1) is 0 Å². The van der Waals surface area contributed by atoms with Gasteiger partial charge >= 0.3 is 0 Å². The van der Waals surface area contributed by atoms with Crippen molar-refractivity contribution in [1.29, 1.82) is 0 Å². The van der Waals surface area contributed by atoms with Crippen molar-refractivity contribution >= 4 is 5.69 Å². The van der Waals surface area contributed by atoms with Gasteiger partial charge < -0.3 is 5.73 Å². The van der Waals surface area contributed by atoms with Crippen LogP contribution in [0.2, 0.25) is 0 Å². The molecule has 0 heterocycles. The van der Waals surface area contributed by atoms with Crippen LogP contribution in [0.15, 0.2) is 18.2 Å². The predicted molar refractivity (Wildman–Crippen MR) is 52.2 cm³/mol. The predicted octanol–water partition coefficient (Wildman–Crippen LogP) is 2.71. The maximum absolute atomic E-state index is 5.90. The van der Waals surface area contributed by atoms with Gasteiger partial charge in [-0.3, -0.25) is 0 Å². The van der Waals surface area contributed by atoms with E-state index in [1.807, 2.05) is 0 Å². The summed E-state index contributed by atoms with van der Waals surface area (Å²) in [7, 11) is 0. The van der Waals surface area contributed by atoms with E-state index in [4.69, 9.17) is 5.73 Å². The Hall–Kier alpha value is -0.980. The molecule has 1 aliphatic carbocycles. The van der Waals surface area contributed by atoms with Crippen LogP contribution >= 0.6 is 0 Å². The lowest BCUT2D eigenvalue weighted by Gasteiger charge is -2.04. The average Bonchev–Trinajstić information content (AvgIpc) is 2.86. The van der Waals surface area contributed by atoms with Crippen LogP contribution in [0.5, 0.6) is 0 Å². The summed E-state index contributed by atoms with van der Waals surface area (Å²) in [4.78, 5) is 0. The molecule has 2 rings (SSSR count). The van der Waals surface area contributed by atoms with Crippen molar-refractivity contribution in [2.24, 2.45) is 0 Å². The molecule has 0 radical (unpaired) electrons. The van der Waals surface area contributed by atoms with Crippen LogP contribution in [0, 0.1) is 0 Å². The topological polar surface area (TPSA) is 26.0 Å². The summed E-state index contributed by atoms with van der Waals surface area (Å²) in [5.74, 6) is 0.818. The van der Waals surface area contributed by atoms with Gasteiger partial charge in [0.2, 0.25) is 0 Å². The molecule has 64 valence electrons. The third-order valence-electron chi connectivity index (χ3n) is 2.60. The fourth-order valence-electron chi connectivity index (χ4n) is 1.61. The van der Waals surface area contributed by atoms with E-state index in [0.717, 1.165) is 18.0 Å². The molecule has 1 fully saturated rings. The Balaban J connectivity index is 2.30. The molecule has 1 saturated carbocycles. The second-order valence-electron chi connectivity index (χ2n) is 3.59. The van der Waals surface area contributed by atoms with E-state index in [9.17, 15) is 0 Å². The summed E-state index contributed by atoms with van der Waals surface area (Å²) < 4.78 is 0. The Morgan fingerprint density at radius 1 is 1.42 bits per heavy atom. The van der Waals surface area contributed by atoms with E-state index < -0.39 is 0 Å². The smallest absolute Gasteiger partial charge is 0.0349 e. The summed E-state index contributed by atoms with van der Waals surface area (Å²) >= 11 is 0. The van der Waals surface area contributed by atoms with Gasteiger partial charge in [-0.2, -0.15) is 0 Å². The fraction of sp³-hybridized carbons (Fsp3) is 0.455. The van der Waals surface area contributed by atoms with Crippen LogP contribution in [0.3, 0.4) is 0 Å². The zero-order chi connectivity index (χ0) is 8.55. The SMILES string of the molecule is CCc1ccc(C2CC2)cc1N. The van der Waals surface area contributed by atoms with E-state index in [0.29, 0.717) is 0 Å². The molecule has 1 aromatic rings. The van der Waals surface area contributed by atoms with Gasteiger partial charge in [-0.25, -0.2) is 0 Å². The highest BCUT2D eigenvalue weighted by Crippen LogP contribution is 2.40. The number of rotatable bonds is 2. The minimum Gasteiger partial charge on any atom is -0.398 e. The molecular formula is C11H15N. The number of anilines is 1. The molecule has 0 saturated heterocycles. The molecule has 2 N–H and O–H groups in total. The first-order valence-electron chi connectivity index (χ1n) is 4.69. The molecule has 1 heteroatoms. The average molecular weight is 161 g/mol. The summed E-state index contributed by atoms with van der Waals surface area (Å²) in [6.45, 7) is 2.14. The Morgan fingerprint density at radius 3 is 2.67 bits per heavy atom. The number of hydrogen-bond donors (Lipinski definition) is 1. The minimum atomic E-state index is 0.818. The first kappa shape index (κ1) is 7.66. The number of aryl methyl sites for hydroxylation is 1. The fourth-order valence-corrected chi connectivity index (χ4v) is 1.61. The van der Waals surface area contributed by atoms with Crippen molar-refractivity contribution in [1.82, 2.24) is 0 Å². The van der Waals surface area contributed by atoms with Gasteiger partial charge in [-0.15, -0.1) is 0 Å². The van der Waals surface area contributed by atoms with E-state index >= 15 is 0 Å². The van der Waals surface area contributed by atoms with Gasteiger partial charge in [0.15, 0.2) is 0 Å². The Bertz CT molecular complexity index is 287. The number of nitrogen functional groups attached to an aromatic ring is 1. The van der Waals surface area contributed by atoms with Crippen LogP contribution in [-0.4, -0.2) is 0 Å². The highest BCUT2D eigenvalue weighted by atomic mass is 14.6. The first-order valence-corrected chi connectivity index (χ1v) is 4.69. The number of benzene rings is 1. The van der Waals surface area contributed by atoms with Crippen LogP contribution in [0.4, 0.5) is 5.69 Å². The summed E-state index contributed by atoms with van der Waals surface area (Å²) in [6, 6.07) is 6.55. The van der Waals surface area contributed by atoms with Crippen molar-refractivity contribution in [2.45, 2.75) is 32.1 Å². The van der Waals surface area contributed by atoms with Crippen LogP contribution in [-0.2, 0) is 6.42 Å². The molecule has 0 amide bonds. The van der Waals surface area contributed by atoms with Gasteiger partial charge in [-0.1, -0.05) is 19.1 Å². The van der Waals surface area contributed by atoms with Crippen LogP contribution < -0.4 is 5.73 Å². The molecule has 0 aliphatic heterocycles. The highest BCUT2D eigenvalue weighted by Gasteiger charge is 2.23. The molecule has 0 aromatic heterocycles. The molecule has 1 aliphatic rings. The lowest BCUT2D eigenvalue weighted by atomic mass is 10.0. The molecule has 1 aromatic carbocycles. The largest absolute Gasteiger partial charge is 0.398 e. The third kappa shape index (κ3) is 1.31. The lowest BCUT2D eigenvalue weighted by molar-refractivity contribution is 1.10. The Labute approximate surface area is 73.6 Å². The first-order chi connectivity index (χ1) is 5.81. The summed E-state index contributed by atoms with van der Waals surface area (Å²) in [5.41, 5.74) is 9.58. The highest BCUT2D eigenvalue weighted by molar-refractivity contribution is 5.50. The van der Waals surface area contributed by atoms with E-state index in [2.05, 4.69) is 25.1 Å². The maximum Gasteiger partial charge on any atom is 0.0349 e. The second kappa shape index (κ2) is 2.81. The zero-order valence-corrected chi connectivity index (χ0v) is 7.51. The maximum atomic E-state index is 5.90. The molecule has 1 nitrogen and oxygen atoms in total. The van der Waals surface area contributed by atoms with Crippen molar-refractivity contribution in [3.8, 4) is 0 Å². The molecule has 12 heavy (non-hydrogen) atoms.